The van der Waals surface area contributed by atoms with Gasteiger partial charge in [0.25, 0.3) is 0 Å². The lowest BCUT2D eigenvalue weighted by Gasteiger charge is -2.11. The first-order valence-electron chi connectivity index (χ1n) is 7.61. The number of nitrogens with one attached hydrogen (secondary N) is 1. The van der Waals surface area contributed by atoms with Gasteiger partial charge >= 0.3 is 10.1 Å². The van der Waals surface area contributed by atoms with Crippen LogP contribution in [-0.4, -0.2) is 13.4 Å². The number of hydrogen-bond acceptors (Lipinski definition) is 3. The summed E-state index contributed by atoms with van der Waals surface area (Å²) >= 11 is 0. The average Bonchev–Trinajstić information content (AvgIpc) is 2.90. The second-order valence-electron chi connectivity index (χ2n) is 5.60. The summed E-state index contributed by atoms with van der Waals surface area (Å²) in [6, 6.07) is 12.8. The van der Waals surface area contributed by atoms with E-state index in [1.165, 1.54) is 0 Å². The first kappa shape index (κ1) is 15.6. The number of hydrogen-bond donors (Lipinski definition) is 1. The zero-order chi connectivity index (χ0) is 16.4. The molecule has 0 unspecified atom stereocenters. The minimum Gasteiger partial charge on any atom is -0.377 e. The lowest BCUT2D eigenvalue weighted by atomic mass is 10.1. The highest BCUT2D eigenvalue weighted by Crippen LogP contribution is 2.29. The van der Waals surface area contributed by atoms with Crippen LogP contribution in [0.1, 0.15) is 24.5 Å². The molecule has 0 radical (unpaired) electrons. The summed E-state index contributed by atoms with van der Waals surface area (Å²) in [5, 5.41) is 0.750. The van der Waals surface area contributed by atoms with Gasteiger partial charge in [0, 0.05) is 17.1 Å². The number of aromatic amines is 1. The molecule has 0 saturated heterocycles. The third-order valence-corrected chi connectivity index (χ3v) is 5.09. The second kappa shape index (κ2) is 6.08. The highest BCUT2D eigenvalue weighted by Gasteiger charge is 2.22. The smallest absolute Gasteiger partial charge is 0.339 e. The monoisotopic (exact) mass is 329 g/mol. The Morgan fingerprint density at radius 3 is 2.70 bits per heavy atom. The Morgan fingerprint density at radius 2 is 1.91 bits per heavy atom. The molecule has 1 heterocycles. The molecule has 0 aliphatic carbocycles. The molecule has 0 spiro atoms. The van der Waals surface area contributed by atoms with Crippen molar-refractivity contribution in [3.63, 3.8) is 0 Å². The standard InChI is InChI=1S/C18H19NO3S/c1-3-6-14-11-13(2)9-10-18(14)23(20,21)22-17-12-19-16-8-5-4-7-15(16)17/h4-5,7-12,19H,3,6H2,1-2H3. The maximum Gasteiger partial charge on any atom is 0.339 e. The number of fused-ring (bicyclic) bond motifs is 1. The SMILES string of the molecule is CCCc1cc(C)ccc1S(=O)(=O)Oc1c[nH]c2ccccc12. The molecule has 0 aliphatic heterocycles. The van der Waals surface area contributed by atoms with Gasteiger partial charge in [-0.3, -0.25) is 0 Å². The van der Waals surface area contributed by atoms with Gasteiger partial charge in [-0.2, -0.15) is 8.42 Å². The third-order valence-electron chi connectivity index (χ3n) is 3.76. The number of benzene rings is 2. The van der Waals surface area contributed by atoms with Gasteiger partial charge in [-0.15, -0.1) is 0 Å². The third kappa shape index (κ3) is 3.10. The summed E-state index contributed by atoms with van der Waals surface area (Å²) in [6.45, 7) is 3.98. The Morgan fingerprint density at radius 1 is 1.13 bits per heavy atom. The van der Waals surface area contributed by atoms with E-state index in [1.807, 2.05) is 44.2 Å². The predicted molar refractivity (Wildman–Crippen MR) is 91.3 cm³/mol. The van der Waals surface area contributed by atoms with Crippen LogP contribution < -0.4 is 4.18 Å². The van der Waals surface area contributed by atoms with Crippen LogP contribution in [0.25, 0.3) is 10.9 Å². The van der Waals surface area contributed by atoms with Crippen molar-refractivity contribution in [2.45, 2.75) is 31.6 Å². The fourth-order valence-electron chi connectivity index (χ4n) is 2.69. The summed E-state index contributed by atoms with van der Waals surface area (Å²) in [4.78, 5) is 3.27. The van der Waals surface area contributed by atoms with Crippen molar-refractivity contribution >= 4 is 21.0 Å². The molecule has 1 aromatic heterocycles. The summed E-state index contributed by atoms with van der Waals surface area (Å²) in [7, 11) is -3.86. The molecule has 120 valence electrons. The molecule has 5 heteroatoms. The van der Waals surface area contributed by atoms with Crippen LogP contribution in [0.15, 0.2) is 53.6 Å². The van der Waals surface area contributed by atoms with Gasteiger partial charge in [0.05, 0.1) is 0 Å². The van der Waals surface area contributed by atoms with E-state index in [9.17, 15) is 8.42 Å². The second-order valence-corrected chi connectivity index (χ2v) is 7.11. The average molecular weight is 329 g/mol. The molecule has 0 atom stereocenters. The van der Waals surface area contributed by atoms with E-state index in [0.29, 0.717) is 12.2 Å². The van der Waals surface area contributed by atoms with Crippen molar-refractivity contribution in [2.24, 2.45) is 0 Å². The quantitative estimate of drug-likeness (QED) is 0.714. The van der Waals surface area contributed by atoms with Crippen molar-refractivity contribution in [1.29, 1.82) is 0 Å². The molecule has 23 heavy (non-hydrogen) atoms. The van der Waals surface area contributed by atoms with E-state index in [2.05, 4.69) is 4.98 Å². The topological polar surface area (TPSA) is 59.2 Å². The minimum atomic E-state index is -3.86. The van der Waals surface area contributed by atoms with Crippen molar-refractivity contribution < 1.29 is 12.6 Å². The van der Waals surface area contributed by atoms with E-state index in [4.69, 9.17) is 4.18 Å². The number of aromatic nitrogens is 1. The largest absolute Gasteiger partial charge is 0.377 e. The first-order valence-corrected chi connectivity index (χ1v) is 9.02. The first-order chi connectivity index (χ1) is 11.0. The van der Waals surface area contributed by atoms with E-state index >= 15 is 0 Å². The van der Waals surface area contributed by atoms with Gasteiger partial charge in [-0.05, 0) is 37.1 Å². The Hall–Kier alpha value is -2.27. The number of H-pyrrole nitrogens is 1. The summed E-state index contributed by atoms with van der Waals surface area (Å²) in [6.07, 6.45) is 3.16. The lowest BCUT2D eigenvalue weighted by Crippen LogP contribution is -2.12. The van der Waals surface area contributed by atoms with Crippen LogP contribution in [0.2, 0.25) is 0 Å². The van der Waals surface area contributed by atoms with E-state index in [1.54, 1.807) is 18.3 Å². The van der Waals surface area contributed by atoms with Gasteiger partial charge in [0.1, 0.15) is 4.90 Å². The number of para-hydroxylation sites is 1. The van der Waals surface area contributed by atoms with E-state index < -0.39 is 10.1 Å². The maximum atomic E-state index is 12.7. The van der Waals surface area contributed by atoms with Crippen molar-refractivity contribution in [3.05, 3.63) is 59.8 Å². The molecule has 3 aromatic rings. The van der Waals surface area contributed by atoms with Crippen LogP contribution in [0, 0.1) is 6.92 Å². The Balaban J connectivity index is 2.02. The van der Waals surface area contributed by atoms with Gasteiger partial charge in [-0.1, -0.05) is 43.2 Å². The molecule has 3 rings (SSSR count). The van der Waals surface area contributed by atoms with Crippen LogP contribution in [0.4, 0.5) is 0 Å². The Bertz CT molecular complexity index is 942. The van der Waals surface area contributed by atoms with Crippen LogP contribution in [0.5, 0.6) is 5.75 Å². The summed E-state index contributed by atoms with van der Waals surface area (Å²) in [5.74, 6) is 0.323. The highest BCUT2D eigenvalue weighted by atomic mass is 32.2. The Labute approximate surface area is 136 Å². The minimum absolute atomic E-state index is 0.246. The van der Waals surface area contributed by atoms with Gasteiger partial charge < -0.3 is 9.17 Å². The van der Waals surface area contributed by atoms with Crippen LogP contribution in [0.3, 0.4) is 0 Å². The summed E-state index contributed by atoms with van der Waals surface area (Å²) < 4.78 is 30.8. The van der Waals surface area contributed by atoms with Gasteiger partial charge in [-0.25, -0.2) is 0 Å². The molecule has 0 aliphatic rings. The molecule has 0 saturated carbocycles. The van der Waals surface area contributed by atoms with Crippen molar-refractivity contribution in [3.8, 4) is 5.75 Å². The molecule has 0 amide bonds. The fourth-order valence-corrected chi connectivity index (χ4v) is 3.87. The molecule has 1 N–H and O–H groups in total. The Kier molecular flexibility index (Phi) is 4.13. The molecular weight excluding hydrogens is 310 g/mol. The molecule has 4 nitrogen and oxygen atoms in total. The van der Waals surface area contributed by atoms with Gasteiger partial charge in [0.15, 0.2) is 5.75 Å². The zero-order valence-corrected chi connectivity index (χ0v) is 14.0. The lowest BCUT2D eigenvalue weighted by molar-refractivity contribution is 0.487. The van der Waals surface area contributed by atoms with Crippen molar-refractivity contribution in [2.75, 3.05) is 0 Å². The zero-order valence-electron chi connectivity index (χ0n) is 13.2. The number of aryl methyl sites for hydroxylation is 2. The molecule has 2 aromatic carbocycles. The van der Waals surface area contributed by atoms with Crippen LogP contribution >= 0.6 is 0 Å². The van der Waals surface area contributed by atoms with E-state index in [-0.39, 0.29) is 4.90 Å². The fraction of sp³-hybridized carbons (Fsp3) is 0.222. The summed E-state index contributed by atoms with van der Waals surface area (Å²) in [5.41, 5.74) is 2.68. The molecular formula is C18H19NO3S. The number of rotatable bonds is 5. The molecule has 0 fully saturated rings. The van der Waals surface area contributed by atoms with Crippen LogP contribution in [-0.2, 0) is 16.5 Å². The van der Waals surface area contributed by atoms with E-state index in [0.717, 1.165) is 28.5 Å². The van der Waals surface area contributed by atoms with Gasteiger partial charge in [0.2, 0.25) is 0 Å². The maximum absolute atomic E-state index is 12.7. The normalized spacial score (nSPS) is 11.7. The molecule has 0 bridgehead atoms. The van der Waals surface area contributed by atoms with Crippen molar-refractivity contribution in [1.82, 2.24) is 4.98 Å². The highest BCUT2D eigenvalue weighted by molar-refractivity contribution is 7.87. The predicted octanol–water partition coefficient (Wildman–Crippen LogP) is 4.20.